The smallest absolute Gasteiger partial charge is 0.326 e. The Hall–Kier alpha value is -2.41. The van der Waals surface area contributed by atoms with Gasteiger partial charge in [0, 0.05) is 0 Å². The van der Waals surface area contributed by atoms with Gasteiger partial charge in [-0.05, 0) is 30.7 Å². The van der Waals surface area contributed by atoms with Crippen molar-refractivity contribution in [2.24, 2.45) is 5.73 Å². The SMILES string of the molecule is CC[C@H](N)C(=O)N([C@H](C)C(=O)O)[C@@H](CC(C)(C)c1ccccc1)C(=O)O. The van der Waals surface area contributed by atoms with Crippen molar-refractivity contribution in [2.45, 2.75) is 64.1 Å². The molecule has 144 valence electrons. The van der Waals surface area contributed by atoms with Crippen LogP contribution in [-0.4, -0.2) is 51.1 Å². The van der Waals surface area contributed by atoms with Crippen LogP contribution in [0.2, 0.25) is 0 Å². The second-order valence-corrected chi connectivity index (χ2v) is 7.08. The highest BCUT2D eigenvalue weighted by Gasteiger charge is 2.41. The summed E-state index contributed by atoms with van der Waals surface area (Å²) in [4.78, 5) is 37.0. The first-order valence-corrected chi connectivity index (χ1v) is 8.61. The van der Waals surface area contributed by atoms with Crippen molar-refractivity contribution in [2.75, 3.05) is 0 Å². The Bertz CT molecular complexity index is 645. The van der Waals surface area contributed by atoms with Crippen LogP contribution in [-0.2, 0) is 19.8 Å². The van der Waals surface area contributed by atoms with Crippen molar-refractivity contribution in [1.29, 1.82) is 0 Å². The Labute approximate surface area is 153 Å². The number of amides is 1. The Morgan fingerprint density at radius 3 is 2.08 bits per heavy atom. The first kappa shape index (κ1) is 21.6. The van der Waals surface area contributed by atoms with Crippen LogP contribution in [0.3, 0.4) is 0 Å². The number of hydrogen-bond donors (Lipinski definition) is 3. The molecule has 0 aliphatic rings. The largest absolute Gasteiger partial charge is 0.480 e. The Kier molecular flexibility index (Phi) is 7.32. The molecule has 0 radical (unpaired) electrons. The molecule has 4 N–H and O–H groups in total. The summed E-state index contributed by atoms with van der Waals surface area (Å²) in [7, 11) is 0. The van der Waals surface area contributed by atoms with Crippen LogP contribution < -0.4 is 5.73 Å². The third kappa shape index (κ3) is 5.05. The molecule has 1 aromatic rings. The van der Waals surface area contributed by atoms with E-state index in [1.54, 1.807) is 6.92 Å². The van der Waals surface area contributed by atoms with E-state index < -0.39 is 41.4 Å². The van der Waals surface area contributed by atoms with Gasteiger partial charge in [-0.25, -0.2) is 9.59 Å². The number of carbonyl (C=O) groups is 3. The van der Waals surface area contributed by atoms with Crippen molar-refractivity contribution in [3.8, 4) is 0 Å². The summed E-state index contributed by atoms with van der Waals surface area (Å²) in [6.45, 7) is 6.72. The van der Waals surface area contributed by atoms with Crippen LogP contribution >= 0.6 is 0 Å². The van der Waals surface area contributed by atoms with E-state index >= 15 is 0 Å². The maximum atomic E-state index is 12.7. The average molecular weight is 364 g/mol. The van der Waals surface area contributed by atoms with Gasteiger partial charge in [-0.2, -0.15) is 0 Å². The number of carbonyl (C=O) groups excluding carboxylic acids is 1. The lowest BCUT2D eigenvalue weighted by atomic mass is 9.78. The molecule has 26 heavy (non-hydrogen) atoms. The predicted octanol–water partition coefficient (Wildman–Crippen LogP) is 1.85. The molecule has 7 heteroatoms. The third-order valence-corrected chi connectivity index (χ3v) is 4.67. The summed E-state index contributed by atoms with van der Waals surface area (Å²) in [5.41, 5.74) is 6.11. The number of hydrogen-bond acceptors (Lipinski definition) is 4. The minimum Gasteiger partial charge on any atom is -0.480 e. The number of nitrogens with two attached hydrogens (primary N) is 1. The average Bonchev–Trinajstić information content (AvgIpc) is 2.60. The van der Waals surface area contributed by atoms with Crippen LogP contribution in [0.25, 0.3) is 0 Å². The van der Waals surface area contributed by atoms with Crippen LogP contribution in [0, 0.1) is 0 Å². The molecule has 0 unspecified atom stereocenters. The highest BCUT2D eigenvalue weighted by molar-refractivity contribution is 5.90. The maximum Gasteiger partial charge on any atom is 0.326 e. The molecule has 0 aliphatic heterocycles. The van der Waals surface area contributed by atoms with Crippen molar-refractivity contribution in [1.82, 2.24) is 4.90 Å². The lowest BCUT2D eigenvalue weighted by Crippen LogP contribution is -2.58. The Balaban J connectivity index is 3.29. The fraction of sp³-hybridized carbons (Fsp3) is 0.526. The molecule has 0 aliphatic carbocycles. The summed E-state index contributed by atoms with van der Waals surface area (Å²) in [5, 5.41) is 19.1. The number of carboxylic acid groups (broad SMARTS) is 2. The van der Waals surface area contributed by atoms with Crippen LogP contribution in [0.4, 0.5) is 0 Å². The minimum absolute atomic E-state index is 0.0616. The monoisotopic (exact) mass is 364 g/mol. The van der Waals surface area contributed by atoms with Crippen molar-refractivity contribution in [3.63, 3.8) is 0 Å². The van der Waals surface area contributed by atoms with Gasteiger partial charge in [0.2, 0.25) is 5.91 Å². The first-order valence-electron chi connectivity index (χ1n) is 8.61. The quantitative estimate of drug-likeness (QED) is 0.615. The molecule has 0 fully saturated rings. The molecule has 0 spiro atoms. The molecule has 0 bridgehead atoms. The maximum absolute atomic E-state index is 12.7. The van der Waals surface area contributed by atoms with E-state index in [-0.39, 0.29) is 12.8 Å². The van der Waals surface area contributed by atoms with Gasteiger partial charge in [-0.1, -0.05) is 51.1 Å². The van der Waals surface area contributed by atoms with E-state index in [1.807, 2.05) is 44.2 Å². The van der Waals surface area contributed by atoms with E-state index in [4.69, 9.17) is 5.73 Å². The number of nitrogens with zero attached hydrogens (tertiary/aromatic N) is 1. The normalized spacial score (nSPS) is 15.0. The van der Waals surface area contributed by atoms with Crippen molar-refractivity contribution in [3.05, 3.63) is 35.9 Å². The summed E-state index contributed by atoms with van der Waals surface area (Å²) >= 11 is 0. The van der Waals surface area contributed by atoms with Gasteiger partial charge in [-0.15, -0.1) is 0 Å². The molecule has 7 nitrogen and oxygen atoms in total. The molecular weight excluding hydrogens is 336 g/mol. The van der Waals surface area contributed by atoms with Gasteiger partial charge in [0.25, 0.3) is 0 Å². The first-order chi connectivity index (χ1) is 12.0. The summed E-state index contributed by atoms with van der Waals surface area (Å²) in [5.74, 6) is -3.19. The fourth-order valence-corrected chi connectivity index (χ4v) is 2.89. The topological polar surface area (TPSA) is 121 Å². The molecule has 0 heterocycles. The molecule has 0 saturated heterocycles. The van der Waals surface area contributed by atoms with E-state index in [0.717, 1.165) is 10.5 Å². The number of carboxylic acids is 2. The predicted molar refractivity (Wildman–Crippen MR) is 97.7 cm³/mol. The summed E-state index contributed by atoms with van der Waals surface area (Å²) < 4.78 is 0. The minimum atomic E-state index is -1.30. The molecule has 1 aromatic carbocycles. The number of benzene rings is 1. The molecule has 1 amide bonds. The lowest BCUT2D eigenvalue weighted by molar-refractivity contribution is -0.160. The summed E-state index contributed by atoms with van der Waals surface area (Å²) in [6, 6.07) is 5.77. The van der Waals surface area contributed by atoms with Gasteiger partial charge in [0.05, 0.1) is 6.04 Å². The highest BCUT2D eigenvalue weighted by atomic mass is 16.4. The Morgan fingerprint density at radius 2 is 1.65 bits per heavy atom. The van der Waals surface area contributed by atoms with Crippen LogP contribution in [0.1, 0.15) is 46.1 Å². The molecular formula is C19H28N2O5. The second kappa shape index (κ2) is 8.80. The zero-order valence-electron chi connectivity index (χ0n) is 15.7. The molecule has 0 aromatic heterocycles. The number of aliphatic carboxylic acids is 2. The van der Waals surface area contributed by atoms with Crippen molar-refractivity contribution < 1.29 is 24.6 Å². The number of rotatable bonds is 9. The third-order valence-electron chi connectivity index (χ3n) is 4.67. The zero-order chi connectivity index (χ0) is 20.1. The molecule has 1 rings (SSSR count). The van der Waals surface area contributed by atoms with E-state index in [9.17, 15) is 24.6 Å². The van der Waals surface area contributed by atoms with Crippen LogP contribution in [0.15, 0.2) is 30.3 Å². The van der Waals surface area contributed by atoms with Crippen molar-refractivity contribution >= 4 is 17.8 Å². The summed E-state index contributed by atoms with van der Waals surface area (Å²) in [6.07, 6.45) is 0.349. The zero-order valence-corrected chi connectivity index (χ0v) is 15.7. The standard InChI is InChI=1S/C19H28N2O5/c1-5-14(20)16(22)21(12(2)17(23)24)15(18(25)26)11-19(3,4)13-9-7-6-8-10-13/h6-10,12,14-15H,5,11,20H2,1-4H3,(H,23,24)(H,25,26)/t12-,14+,15+/m1/s1. The highest BCUT2D eigenvalue weighted by Crippen LogP contribution is 2.31. The van der Waals surface area contributed by atoms with Gasteiger partial charge >= 0.3 is 11.9 Å². The van der Waals surface area contributed by atoms with E-state index in [2.05, 4.69) is 0 Å². The van der Waals surface area contributed by atoms with E-state index in [1.165, 1.54) is 6.92 Å². The fourth-order valence-electron chi connectivity index (χ4n) is 2.89. The van der Waals surface area contributed by atoms with Gasteiger partial charge in [0.15, 0.2) is 0 Å². The van der Waals surface area contributed by atoms with Crippen LogP contribution in [0.5, 0.6) is 0 Å². The van der Waals surface area contributed by atoms with Gasteiger partial charge in [0.1, 0.15) is 12.1 Å². The van der Waals surface area contributed by atoms with Gasteiger partial charge < -0.3 is 20.8 Å². The lowest BCUT2D eigenvalue weighted by Gasteiger charge is -2.38. The molecule has 3 atom stereocenters. The van der Waals surface area contributed by atoms with Gasteiger partial charge in [-0.3, -0.25) is 4.79 Å². The van der Waals surface area contributed by atoms with E-state index in [0.29, 0.717) is 0 Å². The second-order valence-electron chi connectivity index (χ2n) is 7.08. The molecule has 0 saturated carbocycles. The Morgan fingerprint density at radius 1 is 1.12 bits per heavy atom.